The monoisotopic (exact) mass is 382 g/mol. The number of anilines is 1. The maximum atomic E-state index is 13.6. The molecule has 0 saturated carbocycles. The van der Waals surface area contributed by atoms with Gasteiger partial charge >= 0.3 is 0 Å². The lowest BCUT2D eigenvalue weighted by Gasteiger charge is -2.25. The molecule has 5 nitrogen and oxygen atoms in total. The molecule has 0 aromatic heterocycles. The smallest absolute Gasteiger partial charge is 0.264 e. The van der Waals surface area contributed by atoms with Crippen molar-refractivity contribution >= 4 is 33.4 Å². The fraction of sp³-hybridized carbons (Fsp3) is 0.235. The van der Waals surface area contributed by atoms with Crippen molar-refractivity contribution in [2.75, 3.05) is 31.2 Å². The number of likely N-dealkylation sites (N-methyl/N-ethyl adjacent to an activating group) is 1. The number of nitrogens with zero attached hydrogens (tertiary/aromatic N) is 2. The van der Waals surface area contributed by atoms with E-state index in [1.807, 2.05) is 6.26 Å². The van der Waals surface area contributed by atoms with Crippen molar-refractivity contribution in [2.24, 2.45) is 0 Å². The first-order valence-corrected chi connectivity index (χ1v) is 10.0. The van der Waals surface area contributed by atoms with Crippen LogP contribution in [0.1, 0.15) is 0 Å². The molecule has 134 valence electrons. The number of amides is 1. The van der Waals surface area contributed by atoms with Gasteiger partial charge in [-0.1, -0.05) is 6.07 Å². The fourth-order valence-electron chi connectivity index (χ4n) is 2.09. The number of hydrogen-bond acceptors (Lipinski definition) is 4. The summed E-state index contributed by atoms with van der Waals surface area (Å²) in [5, 5.41) is 0. The van der Waals surface area contributed by atoms with Gasteiger partial charge in [0.05, 0.1) is 10.6 Å². The van der Waals surface area contributed by atoms with Crippen LogP contribution in [0.25, 0.3) is 0 Å². The van der Waals surface area contributed by atoms with Crippen LogP contribution in [0.2, 0.25) is 0 Å². The Bertz CT molecular complexity index is 852. The summed E-state index contributed by atoms with van der Waals surface area (Å²) in [6, 6.07) is 11.5. The van der Waals surface area contributed by atoms with E-state index >= 15 is 0 Å². The van der Waals surface area contributed by atoms with Gasteiger partial charge in [0.1, 0.15) is 12.4 Å². The molecule has 0 atom stereocenters. The molecule has 2 rings (SSSR count). The second-order valence-electron chi connectivity index (χ2n) is 5.46. The van der Waals surface area contributed by atoms with Gasteiger partial charge in [0.15, 0.2) is 0 Å². The topological polar surface area (TPSA) is 57.7 Å². The summed E-state index contributed by atoms with van der Waals surface area (Å²) in [5.41, 5.74) is 0.101. The Labute approximate surface area is 151 Å². The minimum absolute atomic E-state index is 0.0427. The minimum atomic E-state index is -4.01. The third-order valence-corrected chi connectivity index (χ3v) is 6.05. The maximum absolute atomic E-state index is 13.6. The molecule has 8 heteroatoms. The van der Waals surface area contributed by atoms with Gasteiger partial charge in [-0.2, -0.15) is 0 Å². The summed E-state index contributed by atoms with van der Waals surface area (Å²) < 4.78 is 40.6. The molecule has 25 heavy (non-hydrogen) atoms. The van der Waals surface area contributed by atoms with Crippen molar-refractivity contribution in [1.82, 2.24) is 4.90 Å². The third-order valence-electron chi connectivity index (χ3n) is 3.52. The van der Waals surface area contributed by atoms with Crippen molar-refractivity contribution < 1.29 is 17.6 Å². The minimum Gasteiger partial charge on any atom is -0.347 e. The van der Waals surface area contributed by atoms with Crippen molar-refractivity contribution in [2.45, 2.75) is 9.79 Å². The van der Waals surface area contributed by atoms with E-state index in [1.165, 1.54) is 61.1 Å². The summed E-state index contributed by atoms with van der Waals surface area (Å²) >= 11 is 1.49. The summed E-state index contributed by atoms with van der Waals surface area (Å²) in [7, 11) is -0.947. The lowest BCUT2D eigenvalue weighted by atomic mass is 10.3. The van der Waals surface area contributed by atoms with E-state index in [0.29, 0.717) is 0 Å². The Morgan fingerprint density at radius 2 is 1.76 bits per heavy atom. The van der Waals surface area contributed by atoms with E-state index in [9.17, 15) is 17.6 Å². The first kappa shape index (κ1) is 19.3. The number of carbonyl (C=O) groups excluding carboxylic acids is 1. The van der Waals surface area contributed by atoms with E-state index < -0.39 is 28.3 Å². The zero-order valence-corrected chi connectivity index (χ0v) is 15.8. The SMILES string of the molecule is CSc1ccc(S(=O)(=O)N(CC(=O)N(C)C)c2cccc(F)c2)cc1. The van der Waals surface area contributed by atoms with Gasteiger partial charge in [-0.3, -0.25) is 9.10 Å². The van der Waals surface area contributed by atoms with E-state index in [1.54, 1.807) is 12.1 Å². The molecule has 0 N–H and O–H groups in total. The number of rotatable bonds is 6. The van der Waals surface area contributed by atoms with Gasteiger partial charge < -0.3 is 4.90 Å². The van der Waals surface area contributed by atoms with Crippen molar-refractivity contribution in [3.8, 4) is 0 Å². The van der Waals surface area contributed by atoms with Crippen molar-refractivity contribution in [1.29, 1.82) is 0 Å². The molecule has 0 spiro atoms. The zero-order valence-electron chi connectivity index (χ0n) is 14.1. The number of halogens is 1. The number of carbonyl (C=O) groups is 1. The van der Waals surface area contributed by atoms with Crippen LogP contribution in [-0.2, 0) is 14.8 Å². The maximum Gasteiger partial charge on any atom is 0.264 e. The number of hydrogen-bond donors (Lipinski definition) is 0. The summed E-state index contributed by atoms with van der Waals surface area (Å²) in [5.74, 6) is -0.985. The highest BCUT2D eigenvalue weighted by Gasteiger charge is 2.28. The number of sulfonamides is 1. The molecule has 0 bridgehead atoms. The van der Waals surface area contributed by atoms with Gasteiger partial charge in [0.25, 0.3) is 10.0 Å². The highest BCUT2D eigenvalue weighted by molar-refractivity contribution is 7.98. The van der Waals surface area contributed by atoms with Gasteiger partial charge in [0.2, 0.25) is 5.91 Å². The largest absolute Gasteiger partial charge is 0.347 e. The van der Waals surface area contributed by atoms with Gasteiger partial charge in [-0.25, -0.2) is 12.8 Å². The first-order chi connectivity index (χ1) is 11.8. The first-order valence-electron chi connectivity index (χ1n) is 7.38. The van der Waals surface area contributed by atoms with Gasteiger partial charge in [0, 0.05) is 19.0 Å². The Balaban J connectivity index is 2.50. The van der Waals surface area contributed by atoms with Crippen LogP contribution in [0.15, 0.2) is 58.3 Å². The molecule has 0 aliphatic rings. The van der Waals surface area contributed by atoms with Crippen LogP contribution >= 0.6 is 11.8 Å². The molecule has 0 heterocycles. The average Bonchev–Trinajstić information content (AvgIpc) is 2.59. The fourth-order valence-corrected chi connectivity index (χ4v) is 3.90. The molecule has 2 aromatic rings. The molecule has 0 fully saturated rings. The molecule has 2 aromatic carbocycles. The van der Waals surface area contributed by atoms with Crippen molar-refractivity contribution in [3.05, 3.63) is 54.3 Å². The average molecular weight is 382 g/mol. The summed E-state index contributed by atoms with van der Waals surface area (Å²) in [4.78, 5) is 14.4. The molecule has 0 aliphatic carbocycles. The standard InChI is InChI=1S/C17H19FN2O3S2/c1-19(2)17(21)12-20(14-6-4-5-13(18)11-14)25(22,23)16-9-7-15(24-3)8-10-16/h4-11H,12H2,1-3H3. The molecular weight excluding hydrogens is 363 g/mol. The second-order valence-corrected chi connectivity index (χ2v) is 8.20. The zero-order chi connectivity index (χ0) is 18.6. The summed E-state index contributed by atoms with van der Waals surface area (Å²) in [6.07, 6.45) is 1.89. The van der Waals surface area contributed by atoms with E-state index in [2.05, 4.69) is 0 Å². The predicted octanol–water partition coefficient (Wildman–Crippen LogP) is 2.83. The van der Waals surface area contributed by atoms with E-state index in [0.717, 1.165) is 15.3 Å². The highest BCUT2D eigenvalue weighted by Crippen LogP contribution is 2.26. The van der Waals surface area contributed by atoms with Crippen LogP contribution in [-0.4, -0.2) is 46.1 Å². The predicted molar refractivity (Wildman–Crippen MR) is 97.8 cm³/mol. The lowest BCUT2D eigenvalue weighted by molar-refractivity contribution is -0.127. The molecule has 0 radical (unpaired) electrons. The van der Waals surface area contributed by atoms with Crippen LogP contribution in [0.4, 0.5) is 10.1 Å². The Morgan fingerprint density at radius 1 is 1.12 bits per heavy atom. The highest BCUT2D eigenvalue weighted by atomic mass is 32.2. The molecule has 0 unspecified atom stereocenters. The van der Waals surface area contributed by atoms with Crippen LogP contribution in [0.3, 0.4) is 0 Å². The molecule has 0 saturated heterocycles. The van der Waals surface area contributed by atoms with Crippen LogP contribution in [0, 0.1) is 5.82 Å². The normalized spacial score (nSPS) is 11.2. The molecule has 1 amide bonds. The van der Waals surface area contributed by atoms with E-state index in [4.69, 9.17) is 0 Å². The van der Waals surface area contributed by atoms with Crippen LogP contribution in [0.5, 0.6) is 0 Å². The number of benzene rings is 2. The second kappa shape index (κ2) is 7.88. The number of thioether (sulfide) groups is 1. The van der Waals surface area contributed by atoms with E-state index in [-0.39, 0.29) is 10.6 Å². The van der Waals surface area contributed by atoms with Gasteiger partial charge in [-0.05, 0) is 48.7 Å². The molecule has 0 aliphatic heterocycles. The quantitative estimate of drug-likeness (QED) is 0.721. The van der Waals surface area contributed by atoms with Crippen LogP contribution < -0.4 is 4.31 Å². The Hall–Kier alpha value is -2.06. The third kappa shape index (κ3) is 4.52. The van der Waals surface area contributed by atoms with Gasteiger partial charge in [-0.15, -0.1) is 11.8 Å². The molecular formula is C17H19FN2O3S2. The summed E-state index contributed by atoms with van der Waals surface area (Å²) in [6.45, 7) is -0.414. The Kier molecular flexibility index (Phi) is 6.07. The Morgan fingerprint density at radius 3 is 2.28 bits per heavy atom. The van der Waals surface area contributed by atoms with Crippen molar-refractivity contribution in [3.63, 3.8) is 0 Å². The lowest BCUT2D eigenvalue weighted by Crippen LogP contribution is -2.40.